The summed E-state index contributed by atoms with van der Waals surface area (Å²) in [5.41, 5.74) is 1.55. The molecule has 0 saturated heterocycles. The highest BCUT2D eigenvalue weighted by atomic mass is 16.7. The summed E-state index contributed by atoms with van der Waals surface area (Å²) < 4.78 is 16.1. The molecule has 0 saturated carbocycles. The van der Waals surface area contributed by atoms with Gasteiger partial charge < -0.3 is 24.8 Å². The second-order valence-corrected chi connectivity index (χ2v) is 5.63. The number of amides is 2. The van der Waals surface area contributed by atoms with E-state index in [-0.39, 0.29) is 12.8 Å². The zero-order chi connectivity index (χ0) is 18.2. The van der Waals surface area contributed by atoms with Gasteiger partial charge in [-0.1, -0.05) is 12.1 Å². The molecule has 2 aromatic rings. The first-order valence-corrected chi connectivity index (χ1v) is 8.28. The average Bonchev–Trinajstić information content (AvgIpc) is 3.12. The third kappa shape index (κ3) is 4.80. The number of anilines is 1. The molecule has 0 radical (unpaired) electrons. The second-order valence-electron chi connectivity index (χ2n) is 5.63. The van der Waals surface area contributed by atoms with E-state index in [1.54, 1.807) is 18.2 Å². The molecule has 0 bridgehead atoms. The molecule has 0 fully saturated rings. The van der Waals surface area contributed by atoms with Crippen molar-refractivity contribution in [2.75, 3.05) is 18.7 Å². The number of nitriles is 1. The Morgan fingerprint density at radius 2 is 2.08 bits per heavy atom. The van der Waals surface area contributed by atoms with Gasteiger partial charge >= 0.3 is 6.03 Å². The average molecular weight is 353 g/mol. The number of nitrogens with zero attached hydrogens (tertiary/aromatic N) is 1. The molecule has 134 valence electrons. The number of nitrogens with one attached hydrogen (secondary N) is 2. The summed E-state index contributed by atoms with van der Waals surface area (Å²) in [6, 6.07) is 14.4. The number of carbonyl (C=O) groups excluding carboxylic acids is 1. The molecular weight excluding hydrogens is 334 g/mol. The smallest absolute Gasteiger partial charge is 0.319 e. The van der Waals surface area contributed by atoms with Crippen LogP contribution in [0.5, 0.6) is 17.2 Å². The summed E-state index contributed by atoms with van der Waals surface area (Å²) in [7, 11) is 0. The van der Waals surface area contributed by atoms with Crippen molar-refractivity contribution in [3.8, 4) is 23.3 Å². The van der Waals surface area contributed by atoms with Crippen molar-refractivity contribution in [3.63, 3.8) is 0 Å². The van der Waals surface area contributed by atoms with Crippen LogP contribution < -0.4 is 24.8 Å². The van der Waals surface area contributed by atoms with E-state index >= 15 is 0 Å². The lowest BCUT2D eigenvalue weighted by Gasteiger charge is -2.10. The van der Waals surface area contributed by atoms with Crippen LogP contribution in [0.1, 0.15) is 18.4 Å². The van der Waals surface area contributed by atoms with Gasteiger partial charge in [-0.2, -0.15) is 5.26 Å². The summed E-state index contributed by atoms with van der Waals surface area (Å²) >= 11 is 0. The summed E-state index contributed by atoms with van der Waals surface area (Å²) in [4.78, 5) is 12.1. The molecule has 0 spiro atoms. The van der Waals surface area contributed by atoms with Gasteiger partial charge in [0.15, 0.2) is 11.5 Å². The molecule has 1 aliphatic rings. The van der Waals surface area contributed by atoms with E-state index in [0.717, 1.165) is 5.56 Å². The minimum Gasteiger partial charge on any atom is -0.493 e. The molecule has 2 N–H and O–H groups in total. The number of carbonyl (C=O) groups is 1. The van der Waals surface area contributed by atoms with Crippen molar-refractivity contribution in [2.24, 2.45) is 0 Å². The van der Waals surface area contributed by atoms with E-state index in [9.17, 15) is 4.79 Å². The molecule has 1 aliphatic heterocycles. The Morgan fingerprint density at radius 1 is 1.19 bits per heavy atom. The van der Waals surface area contributed by atoms with Gasteiger partial charge in [0.2, 0.25) is 6.79 Å². The number of unbranched alkanes of at least 4 members (excludes halogenated alkanes) is 1. The summed E-state index contributed by atoms with van der Waals surface area (Å²) in [6.45, 7) is 1.06. The van der Waals surface area contributed by atoms with E-state index in [2.05, 4.69) is 16.7 Å². The quantitative estimate of drug-likeness (QED) is 0.744. The van der Waals surface area contributed by atoms with E-state index in [1.807, 2.05) is 24.3 Å². The largest absolute Gasteiger partial charge is 0.493 e. The molecule has 0 atom stereocenters. The van der Waals surface area contributed by atoms with Crippen molar-refractivity contribution in [3.05, 3.63) is 48.0 Å². The molecule has 0 aromatic heterocycles. The van der Waals surface area contributed by atoms with Crippen LogP contribution in [0.2, 0.25) is 0 Å². The lowest BCUT2D eigenvalue weighted by Crippen LogP contribution is -2.28. The van der Waals surface area contributed by atoms with E-state index < -0.39 is 0 Å². The highest BCUT2D eigenvalue weighted by molar-refractivity contribution is 5.89. The monoisotopic (exact) mass is 353 g/mol. The van der Waals surface area contributed by atoms with Gasteiger partial charge in [-0.05, 0) is 36.2 Å². The topological polar surface area (TPSA) is 92.6 Å². The number of hydrogen-bond acceptors (Lipinski definition) is 5. The van der Waals surface area contributed by atoms with Crippen LogP contribution in [0.4, 0.5) is 10.5 Å². The van der Waals surface area contributed by atoms with Crippen molar-refractivity contribution >= 4 is 11.7 Å². The summed E-state index contributed by atoms with van der Waals surface area (Å²) in [6.07, 6.45) is 1.13. The van der Waals surface area contributed by atoms with Crippen LogP contribution in [-0.2, 0) is 6.54 Å². The zero-order valence-electron chi connectivity index (χ0n) is 14.2. The minimum absolute atomic E-state index is 0.224. The second kappa shape index (κ2) is 8.62. The minimum atomic E-state index is -0.315. The Labute approximate surface area is 151 Å². The maximum absolute atomic E-state index is 12.1. The molecule has 7 heteroatoms. The molecule has 0 aliphatic carbocycles. The third-order valence-electron chi connectivity index (χ3n) is 3.68. The van der Waals surface area contributed by atoms with Crippen molar-refractivity contribution < 1.29 is 19.0 Å². The number of benzene rings is 2. The van der Waals surface area contributed by atoms with E-state index in [4.69, 9.17) is 19.5 Å². The number of urea groups is 1. The van der Waals surface area contributed by atoms with Gasteiger partial charge in [-0.3, -0.25) is 0 Å². The van der Waals surface area contributed by atoms with Crippen molar-refractivity contribution in [1.82, 2.24) is 5.32 Å². The first-order valence-electron chi connectivity index (χ1n) is 8.28. The molecule has 2 aromatic carbocycles. The van der Waals surface area contributed by atoms with Gasteiger partial charge in [0.25, 0.3) is 0 Å². The van der Waals surface area contributed by atoms with Crippen molar-refractivity contribution in [2.45, 2.75) is 19.4 Å². The molecule has 1 heterocycles. The molecule has 2 amide bonds. The van der Waals surface area contributed by atoms with Crippen LogP contribution in [0, 0.1) is 11.3 Å². The highest BCUT2D eigenvalue weighted by Crippen LogP contribution is 2.32. The van der Waals surface area contributed by atoms with Crippen LogP contribution in [-0.4, -0.2) is 19.4 Å². The zero-order valence-corrected chi connectivity index (χ0v) is 14.2. The summed E-state index contributed by atoms with van der Waals surface area (Å²) in [5.74, 6) is 2.05. The van der Waals surface area contributed by atoms with E-state index in [0.29, 0.717) is 48.9 Å². The Balaban J connectivity index is 1.48. The van der Waals surface area contributed by atoms with Crippen LogP contribution >= 0.6 is 0 Å². The number of hydrogen-bond donors (Lipinski definition) is 2. The van der Waals surface area contributed by atoms with Gasteiger partial charge in [0, 0.05) is 24.7 Å². The SMILES string of the molecule is N#CCCCOc1cccc(NC(=O)NCc2ccc3c(c2)OCO3)c1. The fraction of sp³-hybridized carbons (Fsp3) is 0.263. The lowest BCUT2D eigenvalue weighted by molar-refractivity contribution is 0.174. The molecule has 7 nitrogen and oxygen atoms in total. The molecule has 3 rings (SSSR count). The van der Waals surface area contributed by atoms with Crippen molar-refractivity contribution in [1.29, 1.82) is 5.26 Å². The number of ether oxygens (including phenoxy) is 3. The van der Waals surface area contributed by atoms with Gasteiger partial charge in [0.05, 0.1) is 12.7 Å². The summed E-state index contributed by atoms with van der Waals surface area (Å²) in [5, 5.41) is 14.1. The van der Waals surface area contributed by atoms with Crippen LogP contribution in [0.3, 0.4) is 0 Å². The predicted molar refractivity (Wildman–Crippen MR) is 95.2 cm³/mol. The number of fused-ring (bicyclic) bond motifs is 1. The Hall–Kier alpha value is -3.40. The van der Waals surface area contributed by atoms with Gasteiger partial charge in [-0.15, -0.1) is 0 Å². The van der Waals surface area contributed by atoms with Crippen LogP contribution in [0.25, 0.3) is 0 Å². The highest BCUT2D eigenvalue weighted by Gasteiger charge is 2.13. The molecule has 26 heavy (non-hydrogen) atoms. The standard InChI is InChI=1S/C19H19N3O4/c20-8-1-2-9-24-16-5-3-4-15(11-16)22-19(23)21-12-14-6-7-17-18(10-14)26-13-25-17/h3-7,10-11H,1-2,9,12-13H2,(H2,21,22,23). The van der Waals surface area contributed by atoms with Gasteiger partial charge in [-0.25, -0.2) is 4.79 Å². The third-order valence-corrected chi connectivity index (χ3v) is 3.68. The Morgan fingerprint density at radius 3 is 2.96 bits per heavy atom. The normalized spacial score (nSPS) is 11.5. The molecule has 0 unspecified atom stereocenters. The first-order chi connectivity index (χ1) is 12.7. The Kier molecular flexibility index (Phi) is 5.78. The van der Waals surface area contributed by atoms with E-state index in [1.165, 1.54) is 0 Å². The lowest BCUT2D eigenvalue weighted by atomic mass is 10.2. The fourth-order valence-corrected chi connectivity index (χ4v) is 2.41. The van der Waals surface area contributed by atoms with Gasteiger partial charge in [0.1, 0.15) is 5.75 Å². The first kappa shape index (κ1) is 17.4. The fourth-order valence-electron chi connectivity index (χ4n) is 2.41. The molecular formula is C19H19N3O4. The number of rotatable bonds is 7. The maximum atomic E-state index is 12.1. The Bertz CT molecular complexity index is 817. The van der Waals surface area contributed by atoms with Crippen LogP contribution in [0.15, 0.2) is 42.5 Å². The maximum Gasteiger partial charge on any atom is 0.319 e. The predicted octanol–water partition coefficient (Wildman–Crippen LogP) is 3.42.